The van der Waals surface area contributed by atoms with E-state index in [1.807, 2.05) is 18.2 Å². The highest BCUT2D eigenvalue weighted by Gasteiger charge is 2.23. The highest BCUT2D eigenvalue weighted by molar-refractivity contribution is 5.95. The van der Waals surface area contributed by atoms with Gasteiger partial charge in [-0.15, -0.1) is 0 Å². The van der Waals surface area contributed by atoms with Gasteiger partial charge in [-0.25, -0.2) is 9.07 Å². The largest absolute Gasteiger partial charge is 0.453 e. The van der Waals surface area contributed by atoms with Gasteiger partial charge in [-0.3, -0.25) is 19.1 Å². The summed E-state index contributed by atoms with van der Waals surface area (Å²) in [5, 5.41) is 2.57. The molecule has 0 saturated heterocycles. The van der Waals surface area contributed by atoms with Crippen LogP contribution >= 0.6 is 0 Å². The molecule has 1 heterocycles. The molecule has 0 radical (unpaired) electrons. The molecule has 1 aromatic heterocycles. The summed E-state index contributed by atoms with van der Waals surface area (Å²) in [6, 6.07) is 15.2. The molecule has 0 fully saturated rings. The van der Waals surface area contributed by atoms with Crippen LogP contribution in [0.5, 0.6) is 0 Å². The van der Waals surface area contributed by atoms with Gasteiger partial charge in [0.05, 0.1) is 11.4 Å². The minimum absolute atomic E-state index is 0.0657. The number of esters is 1. The van der Waals surface area contributed by atoms with E-state index >= 15 is 0 Å². The topological polar surface area (TPSA) is 82.3 Å². The second kappa shape index (κ2) is 9.42. The van der Waals surface area contributed by atoms with Gasteiger partial charge >= 0.3 is 5.97 Å². The van der Waals surface area contributed by atoms with Crippen molar-refractivity contribution in [2.45, 2.75) is 32.8 Å². The van der Waals surface area contributed by atoms with Crippen LogP contribution in [-0.2, 0) is 27.8 Å². The van der Waals surface area contributed by atoms with Crippen molar-refractivity contribution in [1.82, 2.24) is 9.36 Å². The van der Waals surface area contributed by atoms with Crippen LogP contribution in [0.15, 0.2) is 59.4 Å². The van der Waals surface area contributed by atoms with E-state index in [-0.39, 0.29) is 18.5 Å². The summed E-state index contributed by atoms with van der Waals surface area (Å²) in [6.45, 7) is 3.13. The number of halogens is 1. The van der Waals surface area contributed by atoms with Crippen LogP contribution in [0, 0.1) is 12.7 Å². The van der Waals surface area contributed by atoms with Gasteiger partial charge in [-0.1, -0.05) is 36.4 Å². The number of carbonyl (C=O) groups is 2. The molecule has 1 amide bonds. The highest BCUT2D eigenvalue weighted by Crippen LogP contribution is 2.15. The van der Waals surface area contributed by atoms with E-state index in [1.54, 1.807) is 49.0 Å². The lowest BCUT2D eigenvalue weighted by Gasteiger charge is -2.13. The second-order valence-electron chi connectivity index (χ2n) is 7.15. The molecule has 0 bridgehead atoms. The van der Waals surface area contributed by atoms with Gasteiger partial charge in [-0.2, -0.15) is 0 Å². The number of hydrogen-bond donors (Lipinski definition) is 1. The zero-order valence-corrected chi connectivity index (χ0v) is 17.6. The van der Waals surface area contributed by atoms with Gasteiger partial charge in [0.1, 0.15) is 11.5 Å². The standard InChI is InChI=1S/C23H24FN3O4/c1-15-21(23(30)27(26(15)3)18-10-5-4-6-11-18)25-22(29)16(2)31-20(28)14-13-17-9-7-8-12-19(17)24/h4-12,16H,13-14H2,1-3H3,(H,25,29). The number of rotatable bonds is 7. The van der Waals surface area contributed by atoms with Crippen LogP contribution in [0.2, 0.25) is 0 Å². The first-order valence-corrected chi connectivity index (χ1v) is 9.87. The van der Waals surface area contributed by atoms with E-state index in [0.29, 0.717) is 16.9 Å². The van der Waals surface area contributed by atoms with Gasteiger partial charge in [0, 0.05) is 13.5 Å². The fraction of sp³-hybridized carbons (Fsp3) is 0.261. The fourth-order valence-corrected chi connectivity index (χ4v) is 3.18. The monoisotopic (exact) mass is 425 g/mol. The third kappa shape index (κ3) is 4.91. The van der Waals surface area contributed by atoms with Crippen LogP contribution in [0.25, 0.3) is 5.69 Å². The Morgan fingerprint density at radius 1 is 1.10 bits per heavy atom. The Morgan fingerprint density at radius 3 is 2.42 bits per heavy atom. The van der Waals surface area contributed by atoms with E-state index in [1.165, 1.54) is 17.7 Å². The van der Waals surface area contributed by atoms with Crippen LogP contribution in [0.4, 0.5) is 10.1 Å². The second-order valence-corrected chi connectivity index (χ2v) is 7.15. The summed E-state index contributed by atoms with van der Waals surface area (Å²) in [7, 11) is 1.71. The Balaban J connectivity index is 1.65. The SMILES string of the molecule is Cc1c(NC(=O)C(C)OC(=O)CCc2ccccc2F)c(=O)n(-c2ccccc2)n1C. The summed E-state index contributed by atoms with van der Waals surface area (Å²) in [5.74, 6) is -1.64. The predicted molar refractivity (Wildman–Crippen MR) is 115 cm³/mol. The maximum Gasteiger partial charge on any atom is 0.306 e. The number of ether oxygens (including phenoxy) is 1. The Bertz CT molecular complexity index is 1150. The fourth-order valence-electron chi connectivity index (χ4n) is 3.18. The number of aryl methyl sites for hydroxylation is 1. The number of aromatic nitrogens is 2. The lowest BCUT2D eigenvalue weighted by molar-refractivity contribution is -0.153. The van der Waals surface area contributed by atoms with Crippen LogP contribution in [0.1, 0.15) is 24.6 Å². The molecule has 7 nitrogen and oxygen atoms in total. The van der Waals surface area contributed by atoms with Crippen molar-refractivity contribution in [2.75, 3.05) is 5.32 Å². The molecule has 0 aliphatic carbocycles. The number of carbonyl (C=O) groups excluding carboxylic acids is 2. The molecular weight excluding hydrogens is 401 g/mol. The first-order valence-electron chi connectivity index (χ1n) is 9.87. The first kappa shape index (κ1) is 22.0. The molecule has 3 aromatic rings. The van der Waals surface area contributed by atoms with Crippen LogP contribution in [-0.4, -0.2) is 27.3 Å². The van der Waals surface area contributed by atoms with Gasteiger partial charge in [0.25, 0.3) is 11.5 Å². The highest BCUT2D eigenvalue weighted by atomic mass is 19.1. The Labute approximate surface area is 179 Å². The van der Waals surface area contributed by atoms with E-state index in [9.17, 15) is 18.8 Å². The van der Waals surface area contributed by atoms with Crippen molar-refractivity contribution in [2.24, 2.45) is 7.05 Å². The lowest BCUT2D eigenvalue weighted by atomic mass is 10.1. The molecule has 0 aliphatic rings. The first-order chi connectivity index (χ1) is 14.8. The number of anilines is 1. The molecule has 1 N–H and O–H groups in total. The van der Waals surface area contributed by atoms with Crippen molar-refractivity contribution in [3.8, 4) is 5.69 Å². The number of nitrogens with zero attached hydrogens (tertiary/aromatic N) is 2. The smallest absolute Gasteiger partial charge is 0.306 e. The Kier molecular flexibility index (Phi) is 6.69. The number of hydrogen-bond acceptors (Lipinski definition) is 4. The van der Waals surface area contributed by atoms with Crippen molar-refractivity contribution >= 4 is 17.6 Å². The Morgan fingerprint density at radius 2 is 1.74 bits per heavy atom. The van der Waals surface area contributed by atoms with E-state index in [4.69, 9.17) is 4.74 Å². The number of amides is 1. The normalized spacial score (nSPS) is 11.7. The molecule has 3 rings (SSSR count). The zero-order chi connectivity index (χ0) is 22.5. The molecule has 2 aromatic carbocycles. The van der Waals surface area contributed by atoms with E-state index in [2.05, 4.69) is 5.32 Å². The van der Waals surface area contributed by atoms with Crippen molar-refractivity contribution < 1.29 is 18.7 Å². The van der Waals surface area contributed by atoms with Gasteiger partial charge in [0.2, 0.25) is 0 Å². The lowest BCUT2D eigenvalue weighted by Crippen LogP contribution is -2.32. The summed E-state index contributed by atoms with van der Waals surface area (Å²) < 4.78 is 21.9. The third-order valence-corrected chi connectivity index (χ3v) is 5.04. The third-order valence-electron chi connectivity index (χ3n) is 5.04. The van der Waals surface area contributed by atoms with Gasteiger partial charge < -0.3 is 10.1 Å². The van der Waals surface area contributed by atoms with Crippen LogP contribution < -0.4 is 10.9 Å². The molecule has 0 aliphatic heterocycles. The van der Waals surface area contributed by atoms with E-state index < -0.39 is 29.4 Å². The van der Waals surface area contributed by atoms with Crippen molar-refractivity contribution in [3.05, 3.63) is 82.0 Å². The molecule has 0 saturated carbocycles. The summed E-state index contributed by atoms with van der Waals surface area (Å²) in [6.07, 6.45) is -1.01. The molecule has 1 atom stereocenters. The molecular formula is C23H24FN3O4. The van der Waals surface area contributed by atoms with Gasteiger partial charge in [0.15, 0.2) is 6.10 Å². The van der Waals surface area contributed by atoms with Crippen LogP contribution in [0.3, 0.4) is 0 Å². The van der Waals surface area contributed by atoms with Crippen molar-refractivity contribution in [1.29, 1.82) is 0 Å². The minimum Gasteiger partial charge on any atom is -0.453 e. The number of benzene rings is 2. The van der Waals surface area contributed by atoms with E-state index in [0.717, 1.165) is 0 Å². The minimum atomic E-state index is -1.11. The van der Waals surface area contributed by atoms with Crippen molar-refractivity contribution in [3.63, 3.8) is 0 Å². The Hall–Kier alpha value is -3.68. The predicted octanol–water partition coefficient (Wildman–Crippen LogP) is 3.13. The molecule has 0 spiro atoms. The average molecular weight is 425 g/mol. The maximum atomic E-state index is 13.7. The van der Waals surface area contributed by atoms with Gasteiger partial charge in [-0.05, 0) is 44.0 Å². The average Bonchev–Trinajstić information content (AvgIpc) is 2.96. The quantitative estimate of drug-likeness (QED) is 0.590. The maximum absolute atomic E-state index is 13.7. The zero-order valence-electron chi connectivity index (χ0n) is 17.6. The summed E-state index contributed by atoms with van der Waals surface area (Å²) in [4.78, 5) is 37.5. The molecule has 31 heavy (non-hydrogen) atoms. The molecule has 162 valence electrons. The number of para-hydroxylation sites is 1. The molecule has 1 unspecified atom stereocenters. The molecule has 8 heteroatoms. The number of nitrogens with one attached hydrogen (secondary N) is 1. The summed E-state index contributed by atoms with van der Waals surface area (Å²) >= 11 is 0. The summed E-state index contributed by atoms with van der Waals surface area (Å²) in [5.41, 5.74) is 1.34.